The van der Waals surface area contributed by atoms with Crippen molar-refractivity contribution < 1.29 is 4.74 Å². The Morgan fingerprint density at radius 1 is 1.33 bits per heavy atom. The molecule has 2 nitrogen and oxygen atoms in total. The van der Waals surface area contributed by atoms with Gasteiger partial charge in [-0.3, -0.25) is 0 Å². The zero-order chi connectivity index (χ0) is 13.4. The fourth-order valence-electron chi connectivity index (χ4n) is 1.97. The molecule has 0 heterocycles. The lowest BCUT2D eigenvalue weighted by molar-refractivity contribution is 0.259. The Labute approximate surface area is 115 Å². The second-order valence-electron chi connectivity index (χ2n) is 4.51. The summed E-state index contributed by atoms with van der Waals surface area (Å²) >= 11 is 5.87. The highest BCUT2D eigenvalue weighted by Crippen LogP contribution is 2.31. The van der Waals surface area contributed by atoms with Gasteiger partial charge in [-0.25, -0.2) is 0 Å². The van der Waals surface area contributed by atoms with Crippen molar-refractivity contribution in [3.8, 4) is 11.8 Å². The van der Waals surface area contributed by atoms with Crippen molar-refractivity contribution in [2.75, 3.05) is 6.61 Å². The van der Waals surface area contributed by atoms with Gasteiger partial charge in [-0.15, -0.1) is 0 Å². The number of rotatable bonds is 7. The number of hydrogen-bond acceptors (Lipinski definition) is 2. The monoisotopic (exact) mass is 265 g/mol. The van der Waals surface area contributed by atoms with Gasteiger partial charge in [-0.05, 0) is 43.9 Å². The summed E-state index contributed by atoms with van der Waals surface area (Å²) in [5, 5.41) is 9.90. The summed E-state index contributed by atoms with van der Waals surface area (Å²) in [4.78, 5) is 0. The minimum atomic E-state index is -0.183. The highest BCUT2D eigenvalue weighted by Gasteiger charge is 2.24. The van der Waals surface area contributed by atoms with E-state index in [0.29, 0.717) is 11.6 Å². The number of ether oxygens (including phenoxy) is 1. The molecule has 0 aliphatic heterocycles. The Hall–Kier alpha value is -1.20. The lowest BCUT2D eigenvalue weighted by Crippen LogP contribution is -2.17. The van der Waals surface area contributed by atoms with Crippen LogP contribution in [0, 0.1) is 16.7 Å². The van der Waals surface area contributed by atoms with Crippen LogP contribution in [0.25, 0.3) is 0 Å². The number of benzene rings is 1. The van der Waals surface area contributed by atoms with E-state index in [0.717, 1.165) is 31.4 Å². The Balaban J connectivity index is 2.37. The van der Waals surface area contributed by atoms with E-state index in [1.54, 1.807) is 6.07 Å². The first kappa shape index (κ1) is 14.9. The molecule has 3 heteroatoms. The van der Waals surface area contributed by atoms with E-state index in [2.05, 4.69) is 19.9 Å². The molecule has 0 amide bonds. The molecule has 0 saturated heterocycles. The van der Waals surface area contributed by atoms with Crippen molar-refractivity contribution in [2.24, 2.45) is 5.41 Å². The first-order valence-electron chi connectivity index (χ1n) is 6.45. The van der Waals surface area contributed by atoms with Crippen LogP contribution in [-0.4, -0.2) is 6.61 Å². The molecule has 98 valence electrons. The lowest BCUT2D eigenvalue weighted by Gasteiger charge is -2.22. The predicted octanol–water partition coefficient (Wildman–Crippen LogP) is 4.83. The van der Waals surface area contributed by atoms with Crippen LogP contribution in [0.2, 0.25) is 5.02 Å². The van der Waals surface area contributed by atoms with Crippen molar-refractivity contribution >= 4 is 11.6 Å². The van der Waals surface area contributed by atoms with E-state index >= 15 is 0 Å². The second kappa shape index (κ2) is 7.28. The molecule has 1 aromatic rings. The summed E-state index contributed by atoms with van der Waals surface area (Å²) < 4.78 is 5.62. The molecule has 0 spiro atoms. The lowest BCUT2D eigenvalue weighted by atomic mass is 9.80. The Morgan fingerprint density at radius 3 is 2.61 bits per heavy atom. The molecule has 1 aromatic carbocycles. The molecule has 0 atom stereocenters. The minimum absolute atomic E-state index is 0.183. The maximum absolute atomic E-state index is 9.22. The van der Waals surface area contributed by atoms with Crippen molar-refractivity contribution in [1.82, 2.24) is 0 Å². The molecule has 18 heavy (non-hydrogen) atoms. The van der Waals surface area contributed by atoms with E-state index in [-0.39, 0.29) is 5.41 Å². The number of halogens is 1. The van der Waals surface area contributed by atoms with Gasteiger partial charge in [0.2, 0.25) is 0 Å². The topological polar surface area (TPSA) is 33.0 Å². The minimum Gasteiger partial charge on any atom is -0.494 e. The molecular weight excluding hydrogens is 246 g/mol. The standard InChI is InChI=1S/C15H20ClNO/c1-3-15(4-2,12-17)9-6-10-18-14-8-5-7-13(16)11-14/h5,7-8,11H,3-4,6,9-10H2,1-2H3. The third kappa shape index (κ3) is 4.23. The van der Waals surface area contributed by atoms with Gasteiger partial charge in [0, 0.05) is 5.02 Å². The van der Waals surface area contributed by atoms with E-state index in [9.17, 15) is 5.26 Å². The smallest absolute Gasteiger partial charge is 0.120 e. The number of hydrogen-bond donors (Lipinski definition) is 0. The van der Waals surface area contributed by atoms with Crippen molar-refractivity contribution in [1.29, 1.82) is 5.26 Å². The number of nitriles is 1. The largest absolute Gasteiger partial charge is 0.494 e. The highest BCUT2D eigenvalue weighted by atomic mass is 35.5. The molecule has 0 aliphatic carbocycles. The average molecular weight is 266 g/mol. The van der Waals surface area contributed by atoms with Crippen LogP contribution in [-0.2, 0) is 0 Å². The van der Waals surface area contributed by atoms with Crippen LogP contribution in [0.1, 0.15) is 39.5 Å². The van der Waals surface area contributed by atoms with Crippen molar-refractivity contribution in [3.63, 3.8) is 0 Å². The summed E-state index contributed by atoms with van der Waals surface area (Å²) in [5.74, 6) is 0.790. The third-order valence-corrected chi connectivity index (χ3v) is 3.69. The van der Waals surface area contributed by atoms with Gasteiger partial charge >= 0.3 is 0 Å². The normalized spacial score (nSPS) is 11.0. The van der Waals surface area contributed by atoms with Gasteiger partial charge < -0.3 is 4.74 Å². The summed E-state index contributed by atoms with van der Waals surface area (Å²) in [6.45, 7) is 4.78. The van der Waals surface area contributed by atoms with Gasteiger partial charge in [0.1, 0.15) is 5.75 Å². The molecule has 0 radical (unpaired) electrons. The summed E-state index contributed by atoms with van der Waals surface area (Å²) in [5.41, 5.74) is -0.183. The first-order chi connectivity index (χ1) is 8.65. The van der Waals surface area contributed by atoms with Crippen LogP contribution in [0.3, 0.4) is 0 Å². The SMILES string of the molecule is CCC(C#N)(CC)CCCOc1cccc(Cl)c1. The van der Waals surface area contributed by atoms with Crippen molar-refractivity contribution in [2.45, 2.75) is 39.5 Å². The van der Waals surface area contributed by atoms with Gasteiger partial charge in [0.15, 0.2) is 0 Å². The van der Waals surface area contributed by atoms with Crippen LogP contribution in [0.15, 0.2) is 24.3 Å². The first-order valence-corrected chi connectivity index (χ1v) is 6.83. The summed E-state index contributed by atoms with van der Waals surface area (Å²) in [7, 11) is 0. The van der Waals surface area contributed by atoms with E-state index in [4.69, 9.17) is 16.3 Å². The highest BCUT2D eigenvalue weighted by molar-refractivity contribution is 6.30. The summed E-state index contributed by atoms with van der Waals surface area (Å²) in [6.07, 6.45) is 3.58. The van der Waals surface area contributed by atoms with Crippen LogP contribution in [0.5, 0.6) is 5.75 Å². The van der Waals surface area contributed by atoms with Crippen LogP contribution < -0.4 is 4.74 Å². The molecule has 0 saturated carbocycles. The molecule has 0 bridgehead atoms. The summed E-state index contributed by atoms with van der Waals surface area (Å²) in [6, 6.07) is 9.84. The van der Waals surface area contributed by atoms with Gasteiger partial charge in [0.05, 0.1) is 18.1 Å². The van der Waals surface area contributed by atoms with Crippen LogP contribution >= 0.6 is 11.6 Å². The molecule has 0 aliphatic rings. The van der Waals surface area contributed by atoms with Crippen molar-refractivity contribution in [3.05, 3.63) is 29.3 Å². The molecule has 0 aromatic heterocycles. The molecule has 0 fully saturated rings. The van der Waals surface area contributed by atoms with E-state index < -0.39 is 0 Å². The molecule has 0 N–H and O–H groups in total. The second-order valence-corrected chi connectivity index (χ2v) is 4.95. The van der Waals surface area contributed by atoms with E-state index in [1.165, 1.54) is 0 Å². The average Bonchev–Trinajstić information content (AvgIpc) is 2.40. The van der Waals surface area contributed by atoms with E-state index in [1.807, 2.05) is 18.2 Å². The van der Waals surface area contributed by atoms with Gasteiger partial charge in [-0.1, -0.05) is 31.5 Å². The molecule has 0 unspecified atom stereocenters. The molecule has 1 rings (SSSR count). The fraction of sp³-hybridized carbons (Fsp3) is 0.533. The third-order valence-electron chi connectivity index (χ3n) is 3.46. The van der Waals surface area contributed by atoms with Gasteiger partial charge in [-0.2, -0.15) is 5.26 Å². The Morgan fingerprint density at radius 2 is 2.06 bits per heavy atom. The zero-order valence-electron chi connectivity index (χ0n) is 11.1. The predicted molar refractivity (Wildman–Crippen MR) is 74.8 cm³/mol. The Kier molecular flexibility index (Phi) is 6.01. The molecular formula is C15H20ClNO. The maximum Gasteiger partial charge on any atom is 0.120 e. The fourth-order valence-corrected chi connectivity index (χ4v) is 2.16. The maximum atomic E-state index is 9.22. The Bertz CT molecular complexity index is 407. The van der Waals surface area contributed by atoms with Crippen LogP contribution in [0.4, 0.5) is 0 Å². The number of nitrogens with zero attached hydrogens (tertiary/aromatic N) is 1. The quantitative estimate of drug-likeness (QED) is 0.662. The van der Waals surface area contributed by atoms with Gasteiger partial charge in [0.25, 0.3) is 0 Å². The zero-order valence-corrected chi connectivity index (χ0v) is 11.8.